The van der Waals surface area contributed by atoms with Crippen LogP contribution in [0.15, 0.2) is 18.2 Å². The van der Waals surface area contributed by atoms with Crippen molar-refractivity contribution in [3.63, 3.8) is 0 Å². The van der Waals surface area contributed by atoms with Crippen molar-refractivity contribution in [1.82, 2.24) is 0 Å². The molecule has 3 rings (SSSR count). The molecule has 0 saturated carbocycles. The van der Waals surface area contributed by atoms with Gasteiger partial charge in [0, 0.05) is 4.88 Å². The summed E-state index contributed by atoms with van der Waals surface area (Å²) in [4.78, 5) is 25.3. The van der Waals surface area contributed by atoms with E-state index in [0.29, 0.717) is 22.2 Å². The second-order valence-electron chi connectivity index (χ2n) is 7.39. The van der Waals surface area contributed by atoms with Gasteiger partial charge in [-0.3, -0.25) is 4.79 Å². The van der Waals surface area contributed by atoms with Crippen LogP contribution in [0.1, 0.15) is 40.5 Å². The molecule has 1 N–H and O–H groups in total. The van der Waals surface area contributed by atoms with E-state index in [1.807, 2.05) is 32.0 Å². The van der Waals surface area contributed by atoms with Crippen LogP contribution < -0.4 is 10.1 Å². The van der Waals surface area contributed by atoms with E-state index in [4.69, 9.17) is 9.47 Å². The van der Waals surface area contributed by atoms with Crippen molar-refractivity contribution in [1.29, 1.82) is 5.26 Å². The lowest BCUT2D eigenvalue weighted by Crippen LogP contribution is -2.23. The van der Waals surface area contributed by atoms with Gasteiger partial charge in [0.25, 0.3) is 5.91 Å². The van der Waals surface area contributed by atoms with Crippen LogP contribution in [0.3, 0.4) is 0 Å². The SMILES string of the molecule is Cc1cccc(C)c1OCC(=O)OCC(=O)Nc1sc2c(c1C#N)CC[C@@H](C)C2. The molecule has 0 aliphatic heterocycles. The number of nitrogens with zero attached hydrogens (tertiary/aromatic N) is 1. The summed E-state index contributed by atoms with van der Waals surface area (Å²) in [6.45, 7) is 5.30. The Balaban J connectivity index is 1.53. The van der Waals surface area contributed by atoms with Gasteiger partial charge in [-0.15, -0.1) is 11.3 Å². The van der Waals surface area contributed by atoms with Crippen LogP contribution in [-0.2, 0) is 27.2 Å². The average molecular weight is 413 g/mol. The van der Waals surface area contributed by atoms with Crippen molar-refractivity contribution in [3.05, 3.63) is 45.3 Å². The summed E-state index contributed by atoms with van der Waals surface area (Å²) in [5.74, 6) is 0.135. The van der Waals surface area contributed by atoms with E-state index >= 15 is 0 Å². The fourth-order valence-corrected chi connectivity index (χ4v) is 4.84. The lowest BCUT2D eigenvalue weighted by Gasteiger charge is -2.17. The number of anilines is 1. The molecule has 0 bridgehead atoms. The Hall–Kier alpha value is -2.85. The molecule has 6 nitrogen and oxygen atoms in total. The molecule has 1 aliphatic carbocycles. The van der Waals surface area contributed by atoms with E-state index in [-0.39, 0.29) is 6.61 Å². The summed E-state index contributed by atoms with van der Waals surface area (Å²) in [6.07, 6.45) is 2.83. The minimum Gasteiger partial charge on any atom is -0.481 e. The number of para-hydroxylation sites is 1. The van der Waals surface area contributed by atoms with Crippen LogP contribution in [0.25, 0.3) is 0 Å². The number of carbonyl (C=O) groups excluding carboxylic acids is 2. The van der Waals surface area contributed by atoms with E-state index in [0.717, 1.165) is 40.8 Å². The Kier molecular flexibility index (Phi) is 6.55. The third-order valence-electron chi connectivity index (χ3n) is 4.98. The minimum absolute atomic E-state index is 0.270. The zero-order valence-corrected chi connectivity index (χ0v) is 17.6. The van der Waals surface area contributed by atoms with Crippen molar-refractivity contribution >= 4 is 28.2 Å². The Morgan fingerprint density at radius 3 is 2.69 bits per heavy atom. The van der Waals surface area contributed by atoms with E-state index < -0.39 is 18.5 Å². The zero-order valence-electron chi connectivity index (χ0n) is 16.8. The molecule has 1 aromatic carbocycles. The molecule has 29 heavy (non-hydrogen) atoms. The minimum atomic E-state index is -0.623. The van der Waals surface area contributed by atoms with Gasteiger partial charge in [0.15, 0.2) is 13.2 Å². The van der Waals surface area contributed by atoms with Gasteiger partial charge in [-0.25, -0.2) is 4.79 Å². The van der Waals surface area contributed by atoms with Crippen LogP contribution in [0.5, 0.6) is 5.75 Å². The standard InChI is InChI=1S/C22H24N2O4S/c1-13-7-8-16-17(10-23)22(29-18(16)9-13)24-19(25)11-27-20(26)12-28-21-14(2)5-4-6-15(21)3/h4-6,13H,7-9,11-12H2,1-3H3,(H,24,25)/t13-/m1/s1. The molecule has 1 amide bonds. The first kappa shape index (κ1) is 20.9. The molecule has 0 unspecified atom stereocenters. The predicted molar refractivity (Wildman–Crippen MR) is 111 cm³/mol. The highest BCUT2D eigenvalue weighted by atomic mass is 32.1. The number of hydrogen-bond donors (Lipinski definition) is 1. The first-order chi connectivity index (χ1) is 13.9. The number of ether oxygens (including phenoxy) is 2. The predicted octanol–water partition coefficient (Wildman–Crippen LogP) is 3.92. The van der Waals surface area contributed by atoms with E-state index in [1.54, 1.807) is 0 Å². The fourth-order valence-electron chi connectivity index (χ4n) is 3.47. The molecule has 0 fully saturated rings. The zero-order chi connectivity index (χ0) is 21.0. The highest BCUT2D eigenvalue weighted by Crippen LogP contribution is 2.39. The molecule has 152 valence electrons. The number of nitriles is 1. The maximum Gasteiger partial charge on any atom is 0.344 e. The van der Waals surface area contributed by atoms with Crippen molar-refractivity contribution in [2.45, 2.75) is 40.0 Å². The van der Waals surface area contributed by atoms with E-state index in [2.05, 4.69) is 18.3 Å². The quantitative estimate of drug-likeness (QED) is 0.727. The summed E-state index contributed by atoms with van der Waals surface area (Å²) < 4.78 is 10.6. The number of rotatable bonds is 6. The summed E-state index contributed by atoms with van der Waals surface area (Å²) in [6, 6.07) is 7.92. The van der Waals surface area contributed by atoms with Gasteiger partial charge in [-0.2, -0.15) is 5.26 Å². The van der Waals surface area contributed by atoms with Crippen molar-refractivity contribution in [2.75, 3.05) is 18.5 Å². The maximum absolute atomic E-state index is 12.2. The Bertz CT molecular complexity index is 954. The van der Waals surface area contributed by atoms with Gasteiger partial charge in [0.05, 0.1) is 5.56 Å². The number of aryl methyl sites for hydroxylation is 2. The highest BCUT2D eigenvalue weighted by Gasteiger charge is 2.24. The monoisotopic (exact) mass is 412 g/mol. The molecule has 0 spiro atoms. The fraction of sp³-hybridized carbons (Fsp3) is 0.409. The Labute approximate surface area is 174 Å². The molecule has 7 heteroatoms. The first-order valence-electron chi connectivity index (χ1n) is 9.58. The lowest BCUT2D eigenvalue weighted by atomic mass is 9.89. The molecule has 0 radical (unpaired) electrons. The summed E-state index contributed by atoms with van der Waals surface area (Å²) in [7, 11) is 0. The summed E-state index contributed by atoms with van der Waals surface area (Å²) in [5, 5.41) is 12.7. The second-order valence-corrected chi connectivity index (χ2v) is 8.49. The van der Waals surface area contributed by atoms with Crippen LogP contribution >= 0.6 is 11.3 Å². The van der Waals surface area contributed by atoms with Crippen LogP contribution in [0.4, 0.5) is 5.00 Å². The molecule has 1 heterocycles. The third-order valence-corrected chi connectivity index (χ3v) is 6.15. The van der Waals surface area contributed by atoms with Gasteiger partial charge in [0.1, 0.15) is 16.8 Å². The first-order valence-corrected chi connectivity index (χ1v) is 10.4. The number of esters is 1. The molecule has 0 saturated heterocycles. The number of fused-ring (bicyclic) bond motifs is 1. The topological polar surface area (TPSA) is 88.4 Å². The van der Waals surface area contributed by atoms with Crippen LogP contribution in [0.2, 0.25) is 0 Å². The van der Waals surface area contributed by atoms with E-state index in [9.17, 15) is 14.9 Å². The van der Waals surface area contributed by atoms with Gasteiger partial charge in [-0.1, -0.05) is 25.1 Å². The van der Waals surface area contributed by atoms with E-state index in [1.165, 1.54) is 11.3 Å². The average Bonchev–Trinajstić information content (AvgIpc) is 3.01. The number of hydrogen-bond acceptors (Lipinski definition) is 6. The Morgan fingerprint density at radius 1 is 1.28 bits per heavy atom. The molecule has 1 aromatic heterocycles. The number of amides is 1. The largest absolute Gasteiger partial charge is 0.481 e. The van der Waals surface area contributed by atoms with Gasteiger partial charge in [-0.05, 0) is 55.7 Å². The molecular weight excluding hydrogens is 388 g/mol. The highest BCUT2D eigenvalue weighted by molar-refractivity contribution is 7.16. The smallest absolute Gasteiger partial charge is 0.344 e. The van der Waals surface area contributed by atoms with Crippen LogP contribution in [0, 0.1) is 31.1 Å². The summed E-state index contributed by atoms with van der Waals surface area (Å²) >= 11 is 1.44. The number of nitrogens with one attached hydrogen (secondary N) is 1. The lowest BCUT2D eigenvalue weighted by molar-refractivity contribution is -0.149. The molecule has 1 atom stereocenters. The second kappa shape index (κ2) is 9.10. The number of carbonyl (C=O) groups is 2. The molecule has 1 aliphatic rings. The van der Waals surface area contributed by atoms with Gasteiger partial charge < -0.3 is 14.8 Å². The van der Waals surface area contributed by atoms with Crippen molar-refractivity contribution in [3.8, 4) is 11.8 Å². The summed E-state index contributed by atoms with van der Waals surface area (Å²) in [5.41, 5.74) is 3.44. The van der Waals surface area contributed by atoms with Gasteiger partial charge >= 0.3 is 5.97 Å². The van der Waals surface area contributed by atoms with Crippen molar-refractivity contribution in [2.24, 2.45) is 5.92 Å². The van der Waals surface area contributed by atoms with Crippen molar-refractivity contribution < 1.29 is 19.1 Å². The molecular formula is C22H24N2O4S. The number of benzene rings is 1. The van der Waals surface area contributed by atoms with Crippen LogP contribution in [-0.4, -0.2) is 25.1 Å². The normalized spacial score (nSPS) is 15.2. The number of thiophene rings is 1. The maximum atomic E-state index is 12.2. The molecule has 2 aromatic rings. The van der Waals surface area contributed by atoms with Gasteiger partial charge in [0.2, 0.25) is 0 Å². The Morgan fingerprint density at radius 2 is 2.00 bits per heavy atom. The third kappa shape index (κ3) is 4.96.